The molecule has 3 aliphatic heterocycles. The van der Waals surface area contributed by atoms with E-state index in [9.17, 15) is 13.2 Å². The fourth-order valence-electron chi connectivity index (χ4n) is 5.22. The molecular weight excluding hydrogens is 473 g/mol. The minimum atomic E-state index is -0.884. The smallest absolute Gasteiger partial charge is 0.191 e. The summed E-state index contributed by atoms with van der Waals surface area (Å²) in [6, 6.07) is 1.59. The van der Waals surface area contributed by atoms with Crippen LogP contribution in [0.5, 0.6) is 0 Å². The van der Waals surface area contributed by atoms with Gasteiger partial charge < -0.3 is 19.3 Å². The van der Waals surface area contributed by atoms with Crippen LogP contribution >= 0.6 is 11.8 Å². The van der Waals surface area contributed by atoms with Gasteiger partial charge in [0.25, 0.3) is 0 Å². The number of hydrogen-bond acceptors (Lipinski definition) is 6. The second-order valence-corrected chi connectivity index (χ2v) is 10.4. The van der Waals surface area contributed by atoms with Gasteiger partial charge in [0.15, 0.2) is 22.6 Å². The minimum Gasteiger partial charge on any atom is -0.362 e. The largest absolute Gasteiger partial charge is 0.362 e. The highest BCUT2D eigenvalue weighted by Crippen LogP contribution is 2.38. The van der Waals surface area contributed by atoms with Crippen LogP contribution in [-0.4, -0.2) is 69.6 Å². The van der Waals surface area contributed by atoms with Gasteiger partial charge in [-0.1, -0.05) is 18.3 Å². The first-order valence-electron chi connectivity index (χ1n) is 11.8. The summed E-state index contributed by atoms with van der Waals surface area (Å²) in [7, 11) is 3.92. The van der Waals surface area contributed by atoms with E-state index in [1.54, 1.807) is 16.7 Å². The van der Waals surface area contributed by atoms with Crippen molar-refractivity contribution in [3.05, 3.63) is 66.0 Å². The normalized spacial score (nSPS) is 22.3. The molecule has 0 N–H and O–H groups in total. The molecule has 5 rings (SSSR count). The van der Waals surface area contributed by atoms with E-state index in [1.165, 1.54) is 0 Å². The average Bonchev–Trinajstić information content (AvgIpc) is 3.48. The zero-order chi connectivity index (χ0) is 24.7. The number of anilines is 1. The number of hydrogen-bond donors (Lipinski definition) is 0. The number of likely N-dealkylation sites (N-methyl/N-ethyl adjacent to an activating group) is 1. The molecule has 1 aromatic heterocycles. The highest BCUT2D eigenvalue weighted by molar-refractivity contribution is 7.99. The second-order valence-electron chi connectivity index (χ2n) is 9.37. The molecule has 2 aromatic rings. The molecule has 4 heterocycles. The number of benzene rings is 1. The maximum Gasteiger partial charge on any atom is 0.191 e. The van der Waals surface area contributed by atoms with Crippen molar-refractivity contribution in [3.63, 3.8) is 0 Å². The lowest BCUT2D eigenvalue weighted by molar-refractivity contribution is 0.318. The summed E-state index contributed by atoms with van der Waals surface area (Å²) in [6.45, 7) is 7.23. The van der Waals surface area contributed by atoms with Gasteiger partial charge in [-0.2, -0.15) is 0 Å². The SMILES string of the molecule is C=C1C=C(c2nnc(SCCCN3CC4CCN(c5c(F)cc(F)cc5F)C4C3)n2C)C=CN1C. The van der Waals surface area contributed by atoms with E-state index in [2.05, 4.69) is 21.7 Å². The van der Waals surface area contributed by atoms with E-state index >= 15 is 0 Å². The predicted octanol–water partition coefficient (Wildman–Crippen LogP) is 4.28. The number of allylic oxidation sites excluding steroid dienone is 3. The molecule has 0 spiro atoms. The van der Waals surface area contributed by atoms with E-state index in [1.807, 2.05) is 41.9 Å². The standard InChI is InChI=1S/C25H29F3N6S/c1-16-11-17(5-8-31(16)2)24-29-30-25(32(24)3)35-10-4-7-33-14-18-6-9-34(22(18)15-33)23-20(27)12-19(26)13-21(23)28/h5,8,11-13,18,22H,1,4,6-7,9-10,14-15H2,2-3H3. The number of halogens is 3. The van der Waals surface area contributed by atoms with Gasteiger partial charge >= 0.3 is 0 Å². The zero-order valence-corrected chi connectivity index (χ0v) is 20.7. The molecule has 0 bridgehead atoms. The second kappa shape index (κ2) is 9.73. The number of thioether (sulfide) groups is 1. The third kappa shape index (κ3) is 4.73. The molecule has 10 heteroatoms. The van der Waals surface area contributed by atoms with Crippen LogP contribution in [-0.2, 0) is 7.05 Å². The van der Waals surface area contributed by atoms with Crippen molar-refractivity contribution in [2.75, 3.05) is 43.9 Å². The van der Waals surface area contributed by atoms with Crippen molar-refractivity contribution in [1.82, 2.24) is 24.6 Å². The van der Waals surface area contributed by atoms with Crippen LogP contribution in [0.1, 0.15) is 18.7 Å². The Kier molecular flexibility index (Phi) is 6.67. The van der Waals surface area contributed by atoms with Crippen LogP contribution in [0.25, 0.3) is 5.57 Å². The molecule has 0 amide bonds. The van der Waals surface area contributed by atoms with Crippen LogP contribution < -0.4 is 4.90 Å². The molecule has 35 heavy (non-hydrogen) atoms. The van der Waals surface area contributed by atoms with Crippen LogP contribution in [0.4, 0.5) is 18.9 Å². The topological polar surface area (TPSA) is 40.4 Å². The minimum absolute atomic E-state index is 0.0593. The van der Waals surface area contributed by atoms with Crippen molar-refractivity contribution >= 4 is 23.0 Å². The van der Waals surface area contributed by atoms with E-state index in [-0.39, 0.29) is 11.7 Å². The molecule has 2 atom stereocenters. The highest BCUT2D eigenvalue weighted by atomic mass is 32.2. The number of fused-ring (bicyclic) bond motifs is 1. The summed E-state index contributed by atoms with van der Waals surface area (Å²) in [5.41, 5.74) is 1.79. The first kappa shape index (κ1) is 24.0. The molecule has 2 unspecified atom stereocenters. The number of rotatable bonds is 7. The summed E-state index contributed by atoms with van der Waals surface area (Å²) < 4.78 is 44.0. The van der Waals surface area contributed by atoms with Crippen molar-refractivity contribution < 1.29 is 13.2 Å². The Labute approximate surface area is 207 Å². The number of likely N-dealkylation sites (tertiary alicyclic amines) is 1. The summed E-state index contributed by atoms with van der Waals surface area (Å²) in [5, 5.41) is 9.59. The van der Waals surface area contributed by atoms with Crippen LogP contribution in [0.15, 0.2) is 47.9 Å². The maximum absolute atomic E-state index is 14.4. The Morgan fingerprint density at radius 2 is 1.89 bits per heavy atom. The monoisotopic (exact) mass is 502 g/mol. The fourth-order valence-corrected chi connectivity index (χ4v) is 6.05. The quantitative estimate of drug-likeness (QED) is 0.416. The van der Waals surface area contributed by atoms with Crippen molar-refractivity contribution in [2.24, 2.45) is 13.0 Å². The molecule has 0 aliphatic carbocycles. The van der Waals surface area contributed by atoms with E-state index in [0.717, 1.165) is 72.6 Å². The molecule has 0 saturated carbocycles. The zero-order valence-electron chi connectivity index (χ0n) is 19.9. The van der Waals surface area contributed by atoms with Gasteiger partial charge in [0.1, 0.15) is 11.5 Å². The van der Waals surface area contributed by atoms with Gasteiger partial charge in [-0.3, -0.25) is 0 Å². The van der Waals surface area contributed by atoms with Gasteiger partial charge in [-0.25, -0.2) is 13.2 Å². The van der Waals surface area contributed by atoms with E-state index in [0.29, 0.717) is 12.5 Å². The van der Waals surface area contributed by atoms with Crippen molar-refractivity contribution in [1.29, 1.82) is 0 Å². The lowest BCUT2D eigenvalue weighted by Gasteiger charge is -2.27. The molecular formula is C25H29F3N6S. The summed E-state index contributed by atoms with van der Waals surface area (Å²) in [4.78, 5) is 6.11. The van der Waals surface area contributed by atoms with Crippen LogP contribution in [0, 0.1) is 23.4 Å². The predicted molar refractivity (Wildman–Crippen MR) is 132 cm³/mol. The third-order valence-electron chi connectivity index (χ3n) is 7.09. The highest BCUT2D eigenvalue weighted by Gasteiger charge is 2.42. The Balaban J connectivity index is 1.13. The van der Waals surface area contributed by atoms with Gasteiger partial charge in [0.2, 0.25) is 0 Å². The van der Waals surface area contributed by atoms with Gasteiger partial charge in [-0.05, 0) is 37.5 Å². The summed E-state index contributed by atoms with van der Waals surface area (Å²) in [6.07, 6.45) is 7.82. The first-order chi connectivity index (χ1) is 16.8. The molecule has 0 radical (unpaired) electrons. The van der Waals surface area contributed by atoms with Gasteiger partial charge in [0, 0.05) is 75.1 Å². The van der Waals surface area contributed by atoms with Gasteiger partial charge in [-0.15, -0.1) is 10.2 Å². The average molecular weight is 503 g/mol. The van der Waals surface area contributed by atoms with Crippen molar-refractivity contribution in [2.45, 2.75) is 24.0 Å². The summed E-state index contributed by atoms with van der Waals surface area (Å²) in [5.74, 6) is -0.449. The Morgan fingerprint density at radius 1 is 1.11 bits per heavy atom. The van der Waals surface area contributed by atoms with E-state index < -0.39 is 17.5 Å². The molecule has 6 nitrogen and oxygen atoms in total. The number of aromatic nitrogens is 3. The molecule has 3 aliphatic rings. The lowest BCUT2D eigenvalue weighted by atomic mass is 10.0. The van der Waals surface area contributed by atoms with Gasteiger partial charge in [0.05, 0.1) is 0 Å². The van der Waals surface area contributed by atoms with Crippen molar-refractivity contribution in [3.8, 4) is 0 Å². The Morgan fingerprint density at radius 3 is 2.63 bits per heavy atom. The number of nitrogens with zero attached hydrogens (tertiary/aromatic N) is 6. The Hall–Kier alpha value is -2.72. The van der Waals surface area contributed by atoms with E-state index in [4.69, 9.17) is 0 Å². The fraction of sp³-hybridized carbons (Fsp3) is 0.440. The van der Waals surface area contributed by atoms with Crippen LogP contribution in [0.2, 0.25) is 0 Å². The lowest BCUT2D eigenvalue weighted by Crippen LogP contribution is -2.36. The van der Waals surface area contributed by atoms with Crippen LogP contribution in [0.3, 0.4) is 0 Å². The summed E-state index contributed by atoms with van der Waals surface area (Å²) >= 11 is 1.67. The molecule has 186 valence electrons. The molecule has 2 fully saturated rings. The third-order valence-corrected chi connectivity index (χ3v) is 8.19. The molecule has 1 aromatic carbocycles. The first-order valence-corrected chi connectivity index (χ1v) is 12.8. The maximum atomic E-state index is 14.4. The Bertz CT molecular complexity index is 1170. The molecule has 2 saturated heterocycles.